The van der Waals surface area contributed by atoms with Crippen LogP contribution in [0.15, 0.2) is 0 Å². The molecule has 0 radical (unpaired) electrons. The highest BCUT2D eigenvalue weighted by atomic mass is 31.2. The maximum absolute atomic E-state index is 11.5. The van der Waals surface area contributed by atoms with Gasteiger partial charge in [-0.25, -0.2) is 4.57 Å². The molecule has 0 spiro atoms. The monoisotopic (exact) mass is 268 g/mol. The number of hydrogen-bond acceptors (Lipinski definition) is 6. The Balaban J connectivity index is 2.18. The second-order valence-electron chi connectivity index (χ2n) is 4.27. The second-order valence-corrected chi connectivity index (χ2v) is 5.79. The third-order valence-corrected chi connectivity index (χ3v) is 4.04. The van der Waals surface area contributed by atoms with Crippen LogP contribution in [0.1, 0.15) is 6.92 Å². The summed E-state index contributed by atoms with van der Waals surface area (Å²) in [5.74, 6) is 0. The summed E-state index contributed by atoms with van der Waals surface area (Å²) in [6.07, 6.45) is -1.24. The van der Waals surface area contributed by atoms with Crippen LogP contribution in [0.2, 0.25) is 0 Å². The molecule has 2 fully saturated rings. The predicted octanol–water partition coefficient (Wildman–Crippen LogP) is 0.321. The van der Waals surface area contributed by atoms with Gasteiger partial charge in [-0.05, 0) is 6.92 Å². The SMILES string of the molecule is COC[C@]12CO[C@@H](C1OP(=O)(O)OC)[C@H](C)O2. The molecule has 0 aromatic rings. The Labute approximate surface area is 99.6 Å². The van der Waals surface area contributed by atoms with Crippen LogP contribution in [0, 0.1) is 0 Å². The van der Waals surface area contributed by atoms with Crippen molar-refractivity contribution in [2.45, 2.75) is 30.8 Å². The highest BCUT2D eigenvalue weighted by Gasteiger charge is 2.62. The number of fused-ring (bicyclic) bond motifs is 2. The van der Waals surface area contributed by atoms with Crippen molar-refractivity contribution < 1.29 is 32.7 Å². The van der Waals surface area contributed by atoms with Gasteiger partial charge in [0.05, 0.1) is 19.3 Å². The lowest BCUT2D eigenvalue weighted by Crippen LogP contribution is -2.45. The highest BCUT2D eigenvalue weighted by molar-refractivity contribution is 7.47. The molecule has 2 heterocycles. The van der Waals surface area contributed by atoms with E-state index in [1.54, 1.807) is 0 Å². The minimum Gasteiger partial charge on any atom is -0.381 e. The fraction of sp³-hybridized carbons (Fsp3) is 1.00. The number of methoxy groups -OCH3 is 1. The fourth-order valence-electron chi connectivity index (χ4n) is 2.37. The van der Waals surface area contributed by atoms with Crippen LogP contribution in [0.5, 0.6) is 0 Å². The zero-order valence-corrected chi connectivity index (χ0v) is 10.9. The Bertz CT molecular complexity index is 335. The zero-order chi connectivity index (χ0) is 12.7. The smallest absolute Gasteiger partial charge is 0.381 e. The third-order valence-electron chi connectivity index (χ3n) is 3.09. The number of phosphoric ester groups is 1. The minimum absolute atomic E-state index is 0.208. The molecule has 7 nitrogen and oxygen atoms in total. The van der Waals surface area contributed by atoms with Gasteiger partial charge in [-0.1, -0.05) is 0 Å². The van der Waals surface area contributed by atoms with E-state index in [4.69, 9.17) is 18.7 Å². The van der Waals surface area contributed by atoms with Gasteiger partial charge in [0.1, 0.15) is 17.8 Å². The average Bonchev–Trinajstić information content (AvgIpc) is 2.69. The van der Waals surface area contributed by atoms with Crippen LogP contribution in [0.3, 0.4) is 0 Å². The Morgan fingerprint density at radius 1 is 1.53 bits per heavy atom. The molecule has 100 valence electrons. The Morgan fingerprint density at radius 2 is 2.24 bits per heavy atom. The van der Waals surface area contributed by atoms with Crippen LogP contribution in [0.25, 0.3) is 0 Å². The van der Waals surface area contributed by atoms with Crippen molar-refractivity contribution >= 4 is 7.82 Å². The zero-order valence-electron chi connectivity index (χ0n) is 9.99. The third kappa shape index (κ3) is 2.29. The van der Waals surface area contributed by atoms with E-state index in [0.29, 0.717) is 0 Å². The normalized spacial score (nSPS) is 43.9. The van der Waals surface area contributed by atoms with E-state index in [1.807, 2.05) is 6.92 Å². The Hall–Kier alpha value is -0.0100. The first-order valence-electron chi connectivity index (χ1n) is 5.29. The summed E-state index contributed by atoms with van der Waals surface area (Å²) in [4.78, 5) is 9.38. The number of rotatable bonds is 5. The first kappa shape index (κ1) is 13.4. The molecular formula is C9H17O7P. The van der Waals surface area contributed by atoms with E-state index in [2.05, 4.69) is 4.52 Å². The van der Waals surface area contributed by atoms with Crippen molar-refractivity contribution in [3.63, 3.8) is 0 Å². The van der Waals surface area contributed by atoms with Crippen molar-refractivity contribution in [2.24, 2.45) is 0 Å². The van der Waals surface area contributed by atoms with Crippen molar-refractivity contribution in [3.8, 4) is 0 Å². The van der Waals surface area contributed by atoms with Gasteiger partial charge in [0, 0.05) is 14.2 Å². The summed E-state index contributed by atoms with van der Waals surface area (Å²) in [6.45, 7) is 2.35. The largest absolute Gasteiger partial charge is 0.472 e. The molecule has 0 aromatic carbocycles. The minimum atomic E-state index is -4.07. The van der Waals surface area contributed by atoms with Gasteiger partial charge in [0.2, 0.25) is 0 Å². The van der Waals surface area contributed by atoms with Gasteiger partial charge in [-0.3, -0.25) is 9.05 Å². The lowest BCUT2D eigenvalue weighted by molar-refractivity contribution is -0.159. The van der Waals surface area contributed by atoms with Crippen molar-refractivity contribution in [3.05, 3.63) is 0 Å². The van der Waals surface area contributed by atoms with E-state index < -0.39 is 19.5 Å². The molecule has 17 heavy (non-hydrogen) atoms. The predicted molar refractivity (Wildman–Crippen MR) is 56.6 cm³/mol. The molecular weight excluding hydrogens is 251 g/mol. The van der Waals surface area contributed by atoms with Gasteiger partial charge >= 0.3 is 7.82 Å². The number of hydrogen-bond donors (Lipinski definition) is 1. The van der Waals surface area contributed by atoms with Gasteiger partial charge in [-0.2, -0.15) is 0 Å². The van der Waals surface area contributed by atoms with Crippen LogP contribution in [0.4, 0.5) is 0 Å². The van der Waals surface area contributed by atoms with Crippen LogP contribution in [-0.4, -0.2) is 56.2 Å². The molecule has 8 heteroatoms. The quantitative estimate of drug-likeness (QED) is 0.719. The molecule has 0 aromatic heterocycles. The van der Waals surface area contributed by atoms with Crippen molar-refractivity contribution in [2.75, 3.05) is 27.4 Å². The van der Waals surface area contributed by atoms with E-state index >= 15 is 0 Å². The maximum atomic E-state index is 11.5. The highest BCUT2D eigenvalue weighted by Crippen LogP contribution is 2.51. The molecule has 0 aliphatic carbocycles. The number of phosphoric acid groups is 1. The second kappa shape index (κ2) is 4.59. The summed E-state index contributed by atoms with van der Waals surface area (Å²) in [6, 6.07) is 0. The summed E-state index contributed by atoms with van der Waals surface area (Å²) in [7, 11) is -1.42. The maximum Gasteiger partial charge on any atom is 0.472 e. The van der Waals surface area contributed by atoms with Gasteiger partial charge in [-0.15, -0.1) is 0 Å². The fourth-order valence-corrected chi connectivity index (χ4v) is 3.06. The van der Waals surface area contributed by atoms with Crippen LogP contribution >= 0.6 is 7.82 Å². The van der Waals surface area contributed by atoms with Crippen molar-refractivity contribution in [1.82, 2.24) is 0 Å². The summed E-state index contributed by atoms with van der Waals surface area (Å²) < 4.78 is 37.3. The molecule has 2 bridgehead atoms. The standard InChI is InChI=1S/C9H17O7P/c1-6-7-8(16-17(10,11)13-3)9(15-6,4-12-2)5-14-7/h6-8H,4-5H2,1-3H3,(H,10,11)/t6-,7+,8?,9-/m0/s1. The number of ether oxygens (including phenoxy) is 3. The Morgan fingerprint density at radius 3 is 2.76 bits per heavy atom. The molecule has 0 amide bonds. The average molecular weight is 268 g/mol. The van der Waals surface area contributed by atoms with Gasteiger partial charge in [0.15, 0.2) is 0 Å². The van der Waals surface area contributed by atoms with E-state index in [9.17, 15) is 9.46 Å². The molecule has 5 atom stereocenters. The molecule has 2 rings (SSSR count). The van der Waals surface area contributed by atoms with Gasteiger partial charge < -0.3 is 19.1 Å². The molecule has 2 aliphatic rings. The summed E-state index contributed by atoms with van der Waals surface area (Å²) >= 11 is 0. The molecule has 2 saturated heterocycles. The topological polar surface area (TPSA) is 83.5 Å². The lowest BCUT2D eigenvalue weighted by Gasteiger charge is -2.29. The Kier molecular flexibility index (Phi) is 3.62. The first-order valence-corrected chi connectivity index (χ1v) is 6.79. The van der Waals surface area contributed by atoms with E-state index in [1.165, 1.54) is 7.11 Å². The molecule has 0 saturated carbocycles. The summed E-state index contributed by atoms with van der Waals surface area (Å²) in [5, 5.41) is 0. The van der Waals surface area contributed by atoms with E-state index in [0.717, 1.165) is 7.11 Å². The summed E-state index contributed by atoms with van der Waals surface area (Å²) in [5.41, 5.74) is -0.824. The molecule has 2 unspecified atom stereocenters. The van der Waals surface area contributed by atoms with Gasteiger partial charge in [0.25, 0.3) is 0 Å². The van der Waals surface area contributed by atoms with Crippen LogP contribution in [-0.2, 0) is 27.8 Å². The van der Waals surface area contributed by atoms with Crippen molar-refractivity contribution in [1.29, 1.82) is 0 Å². The lowest BCUT2D eigenvalue weighted by atomic mass is 10.00. The van der Waals surface area contributed by atoms with E-state index in [-0.39, 0.29) is 25.4 Å². The van der Waals surface area contributed by atoms with Crippen LogP contribution < -0.4 is 0 Å². The molecule has 2 aliphatic heterocycles. The first-order chi connectivity index (χ1) is 7.94. The molecule has 1 N–H and O–H groups in total.